The molecule has 0 radical (unpaired) electrons. The van der Waals surface area contributed by atoms with Gasteiger partial charge in [-0.2, -0.15) is 5.10 Å². The van der Waals surface area contributed by atoms with Crippen LogP contribution < -0.4 is 0 Å². The fraction of sp³-hybridized carbons (Fsp3) is 0.786. The molecule has 1 aliphatic rings. The second kappa shape index (κ2) is 4.81. The highest BCUT2D eigenvalue weighted by Crippen LogP contribution is 2.40. The van der Waals surface area contributed by atoms with E-state index in [0.717, 1.165) is 35.9 Å². The van der Waals surface area contributed by atoms with Crippen molar-refractivity contribution in [1.82, 2.24) is 9.78 Å². The number of hydrogen-bond acceptors (Lipinski definition) is 2. The predicted molar refractivity (Wildman–Crippen MR) is 68.6 cm³/mol. The van der Waals surface area contributed by atoms with Crippen molar-refractivity contribution >= 4 is 0 Å². The zero-order valence-corrected chi connectivity index (χ0v) is 11.3. The van der Waals surface area contributed by atoms with E-state index in [1.165, 1.54) is 6.42 Å². The standard InChI is InChI=1S/C14H24N2O/c1-9-5-6-12(7-10(9)2)14(17)13-8-16(4)15-11(13)3/h8-10,12,14,17H,5-7H2,1-4H3. The van der Waals surface area contributed by atoms with Gasteiger partial charge in [-0.3, -0.25) is 4.68 Å². The first kappa shape index (κ1) is 12.6. The summed E-state index contributed by atoms with van der Waals surface area (Å²) in [5, 5.41) is 14.8. The molecule has 3 heteroatoms. The van der Waals surface area contributed by atoms with E-state index >= 15 is 0 Å². The van der Waals surface area contributed by atoms with E-state index < -0.39 is 0 Å². The summed E-state index contributed by atoms with van der Waals surface area (Å²) >= 11 is 0. The van der Waals surface area contributed by atoms with Gasteiger partial charge in [0.05, 0.1) is 11.8 Å². The summed E-state index contributed by atoms with van der Waals surface area (Å²) in [5.41, 5.74) is 1.98. The molecule has 1 aromatic heterocycles. The Morgan fingerprint density at radius 2 is 2.06 bits per heavy atom. The molecule has 4 atom stereocenters. The molecule has 0 aromatic carbocycles. The molecule has 0 saturated heterocycles. The number of nitrogens with zero attached hydrogens (tertiary/aromatic N) is 2. The zero-order chi connectivity index (χ0) is 12.6. The highest BCUT2D eigenvalue weighted by atomic mass is 16.3. The number of aromatic nitrogens is 2. The summed E-state index contributed by atoms with van der Waals surface area (Å²) in [6, 6.07) is 0. The van der Waals surface area contributed by atoms with Crippen molar-refractivity contribution in [3.05, 3.63) is 17.5 Å². The van der Waals surface area contributed by atoms with Gasteiger partial charge in [-0.05, 0) is 37.5 Å². The molecule has 1 heterocycles. The van der Waals surface area contributed by atoms with Crippen LogP contribution in [0.1, 0.15) is 50.5 Å². The molecule has 0 bridgehead atoms. The molecular weight excluding hydrogens is 212 g/mol. The number of hydrogen-bond donors (Lipinski definition) is 1. The molecule has 2 rings (SSSR count). The molecule has 0 amide bonds. The van der Waals surface area contributed by atoms with E-state index in [9.17, 15) is 5.11 Å². The van der Waals surface area contributed by atoms with Gasteiger partial charge in [0.2, 0.25) is 0 Å². The normalized spacial score (nSPS) is 31.5. The Kier molecular flexibility index (Phi) is 3.57. The maximum Gasteiger partial charge on any atom is 0.0851 e. The summed E-state index contributed by atoms with van der Waals surface area (Å²) in [6.45, 7) is 6.61. The van der Waals surface area contributed by atoms with Crippen LogP contribution in [0.25, 0.3) is 0 Å². The molecule has 1 aromatic rings. The first-order valence-corrected chi connectivity index (χ1v) is 6.67. The Morgan fingerprint density at radius 3 is 2.59 bits per heavy atom. The van der Waals surface area contributed by atoms with E-state index in [0.29, 0.717) is 5.92 Å². The summed E-state index contributed by atoms with van der Waals surface area (Å²) in [6.07, 6.45) is 5.14. The number of aliphatic hydroxyl groups is 1. The molecule has 17 heavy (non-hydrogen) atoms. The van der Waals surface area contributed by atoms with E-state index in [1.54, 1.807) is 4.68 Å². The summed E-state index contributed by atoms with van der Waals surface area (Å²) < 4.78 is 1.79. The number of aliphatic hydroxyl groups excluding tert-OH is 1. The highest BCUT2D eigenvalue weighted by Gasteiger charge is 2.31. The lowest BCUT2D eigenvalue weighted by Crippen LogP contribution is -2.25. The van der Waals surface area contributed by atoms with E-state index in [1.807, 2.05) is 20.2 Å². The molecule has 1 N–H and O–H groups in total. The van der Waals surface area contributed by atoms with Crippen molar-refractivity contribution in [3.8, 4) is 0 Å². The van der Waals surface area contributed by atoms with Crippen molar-refractivity contribution in [2.24, 2.45) is 24.8 Å². The van der Waals surface area contributed by atoms with Gasteiger partial charge >= 0.3 is 0 Å². The summed E-state index contributed by atoms with van der Waals surface area (Å²) in [7, 11) is 1.91. The molecule has 96 valence electrons. The Bertz CT molecular complexity index is 386. The fourth-order valence-electron chi connectivity index (χ4n) is 3.04. The van der Waals surface area contributed by atoms with Crippen LogP contribution in [0, 0.1) is 24.7 Å². The minimum Gasteiger partial charge on any atom is -0.388 e. The van der Waals surface area contributed by atoms with Gasteiger partial charge < -0.3 is 5.11 Å². The first-order chi connectivity index (χ1) is 7.99. The highest BCUT2D eigenvalue weighted by molar-refractivity contribution is 5.19. The lowest BCUT2D eigenvalue weighted by atomic mass is 9.73. The second-order valence-corrected chi connectivity index (χ2v) is 5.82. The second-order valence-electron chi connectivity index (χ2n) is 5.82. The lowest BCUT2D eigenvalue weighted by Gasteiger charge is -2.34. The molecule has 0 aliphatic heterocycles. The van der Waals surface area contributed by atoms with Gasteiger partial charge in [0, 0.05) is 18.8 Å². The Labute approximate surface area is 104 Å². The Balaban J connectivity index is 2.10. The molecule has 1 saturated carbocycles. The summed E-state index contributed by atoms with van der Waals surface area (Å²) in [5.74, 6) is 1.93. The Hall–Kier alpha value is -0.830. The third kappa shape index (κ3) is 2.54. The van der Waals surface area contributed by atoms with Crippen molar-refractivity contribution in [2.45, 2.75) is 46.1 Å². The maximum atomic E-state index is 10.5. The van der Waals surface area contributed by atoms with Gasteiger partial charge in [-0.25, -0.2) is 0 Å². The third-order valence-corrected chi connectivity index (χ3v) is 4.46. The van der Waals surface area contributed by atoms with E-state index in [-0.39, 0.29) is 6.10 Å². The van der Waals surface area contributed by atoms with E-state index in [4.69, 9.17) is 0 Å². The lowest BCUT2D eigenvalue weighted by molar-refractivity contribution is 0.0556. The van der Waals surface area contributed by atoms with Crippen molar-refractivity contribution in [3.63, 3.8) is 0 Å². The Morgan fingerprint density at radius 1 is 1.35 bits per heavy atom. The van der Waals surface area contributed by atoms with Gasteiger partial charge in [0.15, 0.2) is 0 Å². The van der Waals surface area contributed by atoms with Crippen LogP contribution in [-0.2, 0) is 7.05 Å². The summed E-state index contributed by atoms with van der Waals surface area (Å²) in [4.78, 5) is 0. The largest absolute Gasteiger partial charge is 0.388 e. The van der Waals surface area contributed by atoms with Crippen molar-refractivity contribution in [2.75, 3.05) is 0 Å². The minimum absolute atomic E-state index is 0.335. The van der Waals surface area contributed by atoms with Crippen LogP contribution in [0.15, 0.2) is 6.20 Å². The van der Waals surface area contributed by atoms with Crippen LogP contribution >= 0.6 is 0 Å². The van der Waals surface area contributed by atoms with Gasteiger partial charge in [0.25, 0.3) is 0 Å². The van der Waals surface area contributed by atoms with Crippen molar-refractivity contribution in [1.29, 1.82) is 0 Å². The molecule has 0 spiro atoms. The van der Waals surface area contributed by atoms with Crippen LogP contribution in [0.3, 0.4) is 0 Å². The zero-order valence-electron chi connectivity index (χ0n) is 11.3. The smallest absolute Gasteiger partial charge is 0.0851 e. The molecule has 4 unspecified atom stereocenters. The molecule has 1 fully saturated rings. The predicted octanol–water partition coefficient (Wildman–Crippen LogP) is 2.83. The molecule has 1 aliphatic carbocycles. The third-order valence-electron chi connectivity index (χ3n) is 4.46. The average molecular weight is 236 g/mol. The first-order valence-electron chi connectivity index (χ1n) is 6.67. The van der Waals surface area contributed by atoms with E-state index in [2.05, 4.69) is 18.9 Å². The van der Waals surface area contributed by atoms with Crippen LogP contribution in [0.5, 0.6) is 0 Å². The van der Waals surface area contributed by atoms with Gasteiger partial charge in [-0.1, -0.05) is 20.3 Å². The minimum atomic E-state index is -0.335. The number of rotatable bonds is 2. The van der Waals surface area contributed by atoms with Crippen LogP contribution in [0.4, 0.5) is 0 Å². The quantitative estimate of drug-likeness (QED) is 0.857. The van der Waals surface area contributed by atoms with Crippen molar-refractivity contribution < 1.29 is 5.11 Å². The molecule has 3 nitrogen and oxygen atoms in total. The monoisotopic (exact) mass is 236 g/mol. The topological polar surface area (TPSA) is 38.0 Å². The van der Waals surface area contributed by atoms with Crippen LogP contribution in [0.2, 0.25) is 0 Å². The van der Waals surface area contributed by atoms with Crippen LogP contribution in [-0.4, -0.2) is 14.9 Å². The van der Waals surface area contributed by atoms with Gasteiger partial charge in [-0.15, -0.1) is 0 Å². The fourth-order valence-corrected chi connectivity index (χ4v) is 3.04. The SMILES string of the molecule is Cc1nn(C)cc1C(O)C1CCC(C)C(C)C1. The average Bonchev–Trinajstić information content (AvgIpc) is 2.61. The maximum absolute atomic E-state index is 10.5. The number of aryl methyl sites for hydroxylation is 2. The van der Waals surface area contributed by atoms with Gasteiger partial charge in [0.1, 0.15) is 0 Å². The molecular formula is C14H24N2O.